The van der Waals surface area contributed by atoms with Crippen LogP contribution in [-0.2, 0) is 16.2 Å². The lowest BCUT2D eigenvalue weighted by molar-refractivity contribution is -0.137. The third-order valence-corrected chi connectivity index (χ3v) is 8.24. The Labute approximate surface area is 202 Å². The monoisotopic (exact) mass is 498 g/mol. The van der Waals surface area contributed by atoms with E-state index in [1.807, 2.05) is 0 Å². The van der Waals surface area contributed by atoms with Gasteiger partial charge >= 0.3 is 6.18 Å². The lowest BCUT2D eigenvalue weighted by Crippen LogP contribution is -2.30. The van der Waals surface area contributed by atoms with E-state index >= 15 is 0 Å². The first-order chi connectivity index (χ1) is 16.5. The van der Waals surface area contributed by atoms with E-state index in [-0.39, 0.29) is 28.5 Å². The summed E-state index contributed by atoms with van der Waals surface area (Å²) >= 11 is 0. The summed E-state index contributed by atoms with van der Waals surface area (Å²) in [5.74, 6) is 0.275. The van der Waals surface area contributed by atoms with E-state index in [2.05, 4.69) is 54.2 Å². The molecular weight excluding hydrogens is 473 g/mol. The van der Waals surface area contributed by atoms with Crippen molar-refractivity contribution in [2.24, 2.45) is 5.92 Å². The highest BCUT2D eigenvalue weighted by atomic mass is 32.2. The van der Waals surface area contributed by atoms with E-state index in [9.17, 15) is 21.6 Å². The zero-order valence-corrected chi connectivity index (χ0v) is 20.0. The predicted molar refractivity (Wildman–Crippen MR) is 131 cm³/mol. The summed E-state index contributed by atoms with van der Waals surface area (Å²) in [7, 11) is -4.09. The van der Waals surface area contributed by atoms with E-state index < -0.39 is 21.8 Å². The lowest BCUT2D eigenvalue weighted by Gasteiger charge is -2.38. The number of nitrogens with one attached hydrogen (secondary N) is 2. The summed E-state index contributed by atoms with van der Waals surface area (Å²) in [5, 5.41) is 3.62. The number of sulfonamides is 1. The maximum Gasteiger partial charge on any atom is 0.416 e. The van der Waals surface area contributed by atoms with Crippen molar-refractivity contribution >= 4 is 21.4 Å². The van der Waals surface area contributed by atoms with Gasteiger partial charge in [0, 0.05) is 17.3 Å². The van der Waals surface area contributed by atoms with Crippen molar-refractivity contribution < 1.29 is 21.6 Å². The highest BCUT2D eigenvalue weighted by molar-refractivity contribution is 7.92. The van der Waals surface area contributed by atoms with Gasteiger partial charge in [0.05, 0.1) is 16.5 Å². The quantitative estimate of drug-likeness (QED) is 0.383. The van der Waals surface area contributed by atoms with Gasteiger partial charge < -0.3 is 5.32 Å². The summed E-state index contributed by atoms with van der Waals surface area (Å²) < 4.78 is 67.6. The van der Waals surface area contributed by atoms with Crippen LogP contribution in [0.2, 0.25) is 0 Å². The molecule has 0 spiro atoms. The van der Waals surface area contributed by atoms with Crippen molar-refractivity contribution in [3.63, 3.8) is 0 Å². The Kier molecular flexibility index (Phi) is 5.67. The average molecular weight is 499 g/mol. The van der Waals surface area contributed by atoms with Crippen molar-refractivity contribution in [1.29, 1.82) is 0 Å². The van der Waals surface area contributed by atoms with Gasteiger partial charge in [-0.25, -0.2) is 8.42 Å². The van der Waals surface area contributed by atoms with Crippen LogP contribution in [0.5, 0.6) is 0 Å². The standard InChI is InChI=1S/C27H25F3N2O2S/c1-16-9-10-17(2)23(13-16)26-22-8-4-7-21(22)24-15-20(11-12-25(24)31-26)35(33,34)32-19-6-3-5-18(14-19)27(28,29)30/h3-7,9-15,21-22,26,31-32H,8H2,1-2H3/t21-,22+,26-/m0/s1. The summed E-state index contributed by atoms with van der Waals surface area (Å²) in [4.78, 5) is 0.0136. The Bertz CT molecular complexity index is 1430. The molecule has 0 amide bonds. The van der Waals surface area contributed by atoms with Gasteiger partial charge in [0.1, 0.15) is 0 Å². The number of hydrogen-bond acceptors (Lipinski definition) is 3. The minimum atomic E-state index is -4.56. The first kappa shape index (κ1) is 23.5. The number of benzene rings is 3. The second kappa shape index (κ2) is 8.45. The van der Waals surface area contributed by atoms with E-state index in [1.165, 1.54) is 34.9 Å². The summed E-state index contributed by atoms with van der Waals surface area (Å²) in [6, 6.07) is 15.5. The van der Waals surface area contributed by atoms with Crippen molar-refractivity contribution in [3.05, 3.63) is 101 Å². The van der Waals surface area contributed by atoms with Crippen LogP contribution in [0.25, 0.3) is 0 Å². The number of alkyl halides is 3. The van der Waals surface area contributed by atoms with Crippen LogP contribution in [0.4, 0.5) is 24.5 Å². The topological polar surface area (TPSA) is 58.2 Å². The van der Waals surface area contributed by atoms with Crippen molar-refractivity contribution in [2.45, 2.75) is 43.3 Å². The molecular formula is C27H25F3N2O2S. The minimum Gasteiger partial charge on any atom is -0.378 e. The molecule has 182 valence electrons. The highest BCUT2D eigenvalue weighted by Crippen LogP contribution is 2.50. The van der Waals surface area contributed by atoms with E-state index in [0.29, 0.717) is 0 Å². The molecule has 4 nitrogen and oxygen atoms in total. The normalized spacial score (nSPS) is 21.2. The van der Waals surface area contributed by atoms with Crippen molar-refractivity contribution in [1.82, 2.24) is 0 Å². The van der Waals surface area contributed by atoms with Crippen LogP contribution in [-0.4, -0.2) is 8.42 Å². The summed E-state index contributed by atoms with van der Waals surface area (Å²) in [6.07, 6.45) is 0.564. The van der Waals surface area contributed by atoms with Gasteiger partial charge in [-0.1, -0.05) is 42.0 Å². The van der Waals surface area contributed by atoms with Crippen LogP contribution in [0.15, 0.2) is 77.7 Å². The number of rotatable bonds is 4. The molecule has 3 atom stereocenters. The minimum absolute atomic E-state index is 0.0136. The smallest absolute Gasteiger partial charge is 0.378 e. The third kappa shape index (κ3) is 4.43. The molecule has 0 aromatic heterocycles. The largest absolute Gasteiger partial charge is 0.416 e. The highest BCUT2D eigenvalue weighted by Gasteiger charge is 2.39. The van der Waals surface area contributed by atoms with Crippen LogP contribution < -0.4 is 10.0 Å². The molecule has 1 aliphatic carbocycles. The average Bonchev–Trinajstić information content (AvgIpc) is 3.29. The van der Waals surface area contributed by atoms with Gasteiger partial charge in [-0.05, 0) is 79.3 Å². The first-order valence-corrected chi connectivity index (χ1v) is 12.9. The van der Waals surface area contributed by atoms with Crippen molar-refractivity contribution in [2.75, 3.05) is 10.0 Å². The van der Waals surface area contributed by atoms with E-state index in [1.54, 1.807) is 12.1 Å². The van der Waals surface area contributed by atoms with Gasteiger partial charge in [0.2, 0.25) is 0 Å². The van der Waals surface area contributed by atoms with Crippen LogP contribution in [0.1, 0.15) is 46.2 Å². The molecule has 0 saturated carbocycles. The number of allylic oxidation sites excluding steroid dienone is 2. The van der Waals surface area contributed by atoms with Crippen LogP contribution >= 0.6 is 0 Å². The number of halogens is 3. The van der Waals surface area contributed by atoms with Crippen molar-refractivity contribution in [3.8, 4) is 0 Å². The molecule has 2 aliphatic rings. The van der Waals surface area contributed by atoms with Gasteiger partial charge in [0.15, 0.2) is 0 Å². The zero-order valence-electron chi connectivity index (χ0n) is 19.2. The van der Waals surface area contributed by atoms with Gasteiger partial charge in [-0.15, -0.1) is 0 Å². The molecule has 2 N–H and O–H groups in total. The fourth-order valence-electron chi connectivity index (χ4n) is 5.12. The van der Waals surface area contributed by atoms with Gasteiger partial charge in [0.25, 0.3) is 10.0 Å². The van der Waals surface area contributed by atoms with Crippen LogP contribution in [0, 0.1) is 19.8 Å². The summed E-state index contributed by atoms with van der Waals surface area (Å²) in [6.45, 7) is 4.16. The molecule has 1 heterocycles. The molecule has 0 fully saturated rings. The molecule has 0 bridgehead atoms. The molecule has 8 heteroatoms. The van der Waals surface area contributed by atoms with Crippen LogP contribution in [0.3, 0.4) is 0 Å². The molecule has 0 saturated heterocycles. The Morgan fingerprint density at radius 1 is 0.971 bits per heavy atom. The molecule has 35 heavy (non-hydrogen) atoms. The molecule has 0 unspecified atom stereocenters. The molecule has 3 aromatic rings. The number of aryl methyl sites for hydroxylation is 2. The Morgan fingerprint density at radius 3 is 2.54 bits per heavy atom. The molecule has 1 aliphatic heterocycles. The Hall–Kier alpha value is -3.26. The number of hydrogen-bond donors (Lipinski definition) is 2. The maximum absolute atomic E-state index is 13.1. The van der Waals surface area contributed by atoms with E-state index in [4.69, 9.17) is 0 Å². The number of fused-ring (bicyclic) bond motifs is 3. The first-order valence-electron chi connectivity index (χ1n) is 11.4. The molecule has 0 radical (unpaired) electrons. The number of anilines is 2. The third-order valence-electron chi connectivity index (χ3n) is 6.86. The van der Waals surface area contributed by atoms with Gasteiger partial charge in [-0.2, -0.15) is 13.2 Å². The second-order valence-corrected chi connectivity index (χ2v) is 11.0. The zero-order chi connectivity index (χ0) is 25.0. The fraction of sp³-hybridized carbons (Fsp3) is 0.259. The van der Waals surface area contributed by atoms with E-state index in [0.717, 1.165) is 29.8 Å². The fourth-order valence-corrected chi connectivity index (χ4v) is 6.20. The molecule has 3 aromatic carbocycles. The predicted octanol–water partition coefficient (Wildman–Crippen LogP) is 6.95. The Morgan fingerprint density at radius 2 is 1.77 bits per heavy atom. The SMILES string of the molecule is Cc1ccc(C)c([C@H]2Nc3ccc(S(=O)(=O)Nc4cccc(C(F)(F)F)c4)cc3[C@H]3C=CC[C@H]32)c1. The second-order valence-electron chi connectivity index (χ2n) is 9.27. The Balaban J connectivity index is 1.48. The molecule has 5 rings (SSSR count). The maximum atomic E-state index is 13.1. The summed E-state index contributed by atoms with van der Waals surface area (Å²) in [5.41, 5.74) is 4.30. The lowest BCUT2D eigenvalue weighted by atomic mass is 9.76. The van der Waals surface area contributed by atoms with Gasteiger partial charge in [-0.3, -0.25) is 4.72 Å².